The van der Waals surface area contributed by atoms with Gasteiger partial charge in [0.25, 0.3) is 0 Å². The van der Waals surface area contributed by atoms with Gasteiger partial charge in [-0.25, -0.2) is 4.98 Å². The third-order valence-electron chi connectivity index (χ3n) is 10.2. The molecule has 0 aliphatic heterocycles. The molecule has 4 nitrogen and oxygen atoms in total. The molecule has 0 aromatic carbocycles. The minimum absolute atomic E-state index is 0.0315. The number of nitrogens with zero attached hydrogens (tertiary/aromatic N) is 2. The van der Waals surface area contributed by atoms with Crippen LogP contribution in [0.15, 0.2) is 17.6 Å². The van der Waals surface area contributed by atoms with E-state index in [0.29, 0.717) is 17.3 Å². The largest absolute Gasteiger partial charge is 0.393 e. The van der Waals surface area contributed by atoms with E-state index in [4.69, 9.17) is 0 Å². The van der Waals surface area contributed by atoms with Crippen molar-refractivity contribution >= 4 is 11.8 Å². The van der Waals surface area contributed by atoms with Crippen molar-refractivity contribution in [2.75, 3.05) is 5.75 Å². The van der Waals surface area contributed by atoms with Gasteiger partial charge >= 0.3 is 0 Å². The van der Waals surface area contributed by atoms with Crippen LogP contribution in [0, 0.1) is 34.5 Å². The molecule has 5 heteroatoms. The van der Waals surface area contributed by atoms with E-state index in [2.05, 4.69) is 23.4 Å². The Bertz CT molecular complexity index is 768. The lowest BCUT2D eigenvalue weighted by molar-refractivity contribution is -0.152. The van der Waals surface area contributed by atoms with Crippen molar-refractivity contribution in [1.29, 1.82) is 0 Å². The molecule has 0 saturated heterocycles. The van der Waals surface area contributed by atoms with Crippen LogP contribution in [0.2, 0.25) is 0 Å². The normalized spacial score (nSPS) is 49.3. The summed E-state index contributed by atoms with van der Waals surface area (Å²) < 4.78 is 2.05. The molecule has 0 radical (unpaired) electrons. The van der Waals surface area contributed by atoms with E-state index >= 15 is 0 Å². The first-order chi connectivity index (χ1) is 13.8. The molecule has 0 spiro atoms. The summed E-state index contributed by atoms with van der Waals surface area (Å²) in [6.45, 7) is 4.94. The Morgan fingerprint density at radius 3 is 2.66 bits per heavy atom. The molecule has 1 aromatic rings. The molecule has 0 amide bonds. The summed E-state index contributed by atoms with van der Waals surface area (Å²) in [6.07, 6.45) is 14.1. The molecule has 4 aliphatic rings. The topological polar surface area (TPSA) is 58.3 Å². The fourth-order valence-electron chi connectivity index (χ4n) is 8.26. The number of thioether (sulfide) groups is 1. The van der Waals surface area contributed by atoms with Crippen molar-refractivity contribution < 1.29 is 10.2 Å². The maximum atomic E-state index is 11.9. The molecule has 0 bridgehead atoms. The van der Waals surface area contributed by atoms with Crippen LogP contribution in [0.3, 0.4) is 0 Å². The predicted octanol–water partition coefficient (Wildman–Crippen LogP) is 4.65. The number of hydrogen-bond acceptors (Lipinski definition) is 4. The lowest BCUT2D eigenvalue weighted by Gasteiger charge is -2.61. The lowest BCUT2D eigenvalue weighted by atomic mass is 9.44. The molecule has 2 N–H and O–H groups in total. The minimum Gasteiger partial charge on any atom is -0.393 e. The van der Waals surface area contributed by atoms with Gasteiger partial charge in [-0.05, 0) is 86.9 Å². The van der Waals surface area contributed by atoms with Gasteiger partial charge in [-0.3, -0.25) is 0 Å². The van der Waals surface area contributed by atoms with Crippen LogP contribution < -0.4 is 0 Å². The quantitative estimate of drug-likeness (QED) is 0.702. The highest BCUT2D eigenvalue weighted by Gasteiger charge is 2.64. The molecular weight excluding hydrogens is 380 g/mol. The van der Waals surface area contributed by atoms with Crippen molar-refractivity contribution in [2.24, 2.45) is 41.5 Å². The maximum absolute atomic E-state index is 11.9. The van der Waals surface area contributed by atoms with Crippen LogP contribution in [0.1, 0.15) is 71.6 Å². The molecule has 162 valence electrons. The van der Waals surface area contributed by atoms with Crippen molar-refractivity contribution in [1.82, 2.24) is 9.55 Å². The SMILES string of the molecule is Cn1ccnc1SC[C@]1(O)CC[C@H]2[C@@H]3CC[C@H]4C[C@H](O)CC[C@]4(C)[C@H]3CC[C@@]21C. The van der Waals surface area contributed by atoms with Gasteiger partial charge in [0.15, 0.2) is 5.16 Å². The highest BCUT2D eigenvalue weighted by molar-refractivity contribution is 7.99. The third-order valence-corrected chi connectivity index (χ3v) is 11.5. The van der Waals surface area contributed by atoms with E-state index in [9.17, 15) is 10.2 Å². The summed E-state index contributed by atoms with van der Waals surface area (Å²) in [7, 11) is 2.03. The van der Waals surface area contributed by atoms with Gasteiger partial charge < -0.3 is 14.8 Å². The summed E-state index contributed by atoms with van der Waals surface area (Å²) in [5, 5.41) is 23.1. The molecule has 29 heavy (non-hydrogen) atoms. The van der Waals surface area contributed by atoms with Gasteiger partial charge in [-0.15, -0.1) is 0 Å². The first-order valence-electron chi connectivity index (χ1n) is 11.8. The maximum Gasteiger partial charge on any atom is 0.167 e. The number of imidazole rings is 1. The molecule has 1 heterocycles. The number of aliphatic hydroxyl groups excluding tert-OH is 1. The molecule has 1 aromatic heterocycles. The summed E-state index contributed by atoms with van der Waals surface area (Å²) in [5.41, 5.74) is -0.143. The average molecular weight is 419 g/mol. The molecule has 8 atom stereocenters. The van der Waals surface area contributed by atoms with Crippen LogP contribution in [0.25, 0.3) is 0 Å². The molecular formula is C24H38N2O2S. The lowest BCUT2D eigenvalue weighted by Crippen LogP contribution is -2.57. The first kappa shape index (κ1) is 20.4. The van der Waals surface area contributed by atoms with Crippen molar-refractivity contribution in [3.8, 4) is 0 Å². The second-order valence-electron chi connectivity index (χ2n) is 11.2. The number of aliphatic hydroxyl groups is 2. The molecule has 4 saturated carbocycles. The van der Waals surface area contributed by atoms with E-state index in [-0.39, 0.29) is 11.5 Å². The van der Waals surface area contributed by atoms with Gasteiger partial charge in [0, 0.05) is 30.6 Å². The second-order valence-corrected chi connectivity index (χ2v) is 12.2. The van der Waals surface area contributed by atoms with Crippen LogP contribution in [-0.2, 0) is 7.05 Å². The van der Waals surface area contributed by atoms with Crippen molar-refractivity contribution in [2.45, 2.75) is 88.5 Å². The molecule has 4 aliphatic carbocycles. The van der Waals surface area contributed by atoms with E-state index in [1.165, 1.54) is 32.1 Å². The van der Waals surface area contributed by atoms with Gasteiger partial charge in [-0.2, -0.15) is 0 Å². The smallest absolute Gasteiger partial charge is 0.167 e. The number of hydrogen-bond donors (Lipinski definition) is 2. The van der Waals surface area contributed by atoms with Gasteiger partial charge in [-0.1, -0.05) is 25.6 Å². The number of fused-ring (bicyclic) bond motifs is 5. The zero-order valence-corrected chi connectivity index (χ0v) is 19.1. The predicted molar refractivity (Wildman–Crippen MR) is 117 cm³/mol. The summed E-state index contributed by atoms with van der Waals surface area (Å²) >= 11 is 1.73. The molecule has 5 rings (SSSR count). The highest BCUT2D eigenvalue weighted by Crippen LogP contribution is 2.68. The second kappa shape index (κ2) is 7.00. The zero-order valence-electron chi connectivity index (χ0n) is 18.3. The monoisotopic (exact) mass is 418 g/mol. The average Bonchev–Trinajstić information content (AvgIpc) is 3.22. The Morgan fingerprint density at radius 1 is 1.10 bits per heavy atom. The van der Waals surface area contributed by atoms with Crippen LogP contribution in [-0.4, -0.2) is 37.2 Å². The van der Waals surface area contributed by atoms with E-state index in [1.54, 1.807) is 11.8 Å². The van der Waals surface area contributed by atoms with Crippen LogP contribution in [0.5, 0.6) is 0 Å². The molecule has 4 fully saturated rings. The Hall–Kier alpha value is -0.520. The van der Waals surface area contributed by atoms with Crippen LogP contribution in [0.4, 0.5) is 0 Å². The van der Waals surface area contributed by atoms with Gasteiger partial charge in [0.1, 0.15) is 0 Å². The third kappa shape index (κ3) is 2.97. The van der Waals surface area contributed by atoms with Crippen LogP contribution >= 0.6 is 11.8 Å². The Labute approximate surface area is 179 Å². The Balaban J connectivity index is 1.36. The fourth-order valence-corrected chi connectivity index (χ4v) is 9.50. The van der Waals surface area contributed by atoms with Gasteiger partial charge in [0.05, 0.1) is 11.7 Å². The summed E-state index contributed by atoms with van der Waals surface area (Å²) in [4.78, 5) is 4.45. The zero-order chi connectivity index (χ0) is 20.4. The summed E-state index contributed by atoms with van der Waals surface area (Å²) in [6, 6.07) is 0. The van der Waals surface area contributed by atoms with Crippen molar-refractivity contribution in [3.63, 3.8) is 0 Å². The minimum atomic E-state index is -0.584. The number of rotatable bonds is 3. The summed E-state index contributed by atoms with van der Waals surface area (Å²) in [5.74, 6) is 3.66. The van der Waals surface area contributed by atoms with E-state index < -0.39 is 5.60 Å². The fraction of sp³-hybridized carbons (Fsp3) is 0.875. The first-order valence-corrected chi connectivity index (χ1v) is 12.8. The Morgan fingerprint density at radius 2 is 1.90 bits per heavy atom. The number of aromatic nitrogens is 2. The standard InChI is InChI=1S/C24H38N2O2S/c1-22-9-6-17(27)14-16(22)4-5-18-19(22)7-10-23(2)20(18)8-11-24(23,28)15-29-21-25-12-13-26(21)3/h12-13,16-20,27-28H,4-11,14-15H2,1-3H3/t16-,17+,18+,19-,20-,22-,23-,24+/m0/s1. The van der Waals surface area contributed by atoms with E-state index in [1.807, 2.05) is 19.4 Å². The number of aryl methyl sites for hydroxylation is 1. The van der Waals surface area contributed by atoms with Crippen molar-refractivity contribution in [3.05, 3.63) is 12.4 Å². The molecule has 0 unspecified atom stereocenters. The Kier molecular flexibility index (Phi) is 4.92. The van der Waals surface area contributed by atoms with E-state index in [0.717, 1.165) is 48.4 Å². The highest BCUT2D eigenvalue weighted by atomic mass is 32.2. The van der Waals surface area contributed by atoms with Gasteiger partial charge in [0.2, 0.25) is 0 Å².